The van der Waals surface area contributed by atoms with Crippen LogP contribution in [0.1, 0.15) is 20.3 Å². The second kappa shape index (κ2) is 3.39. The van der Waals surface area contributed by atoms with E-state index in [0.717, 1.165) is 6.42 Å². The lowest BCUT2D eigenvalue weighted by Gasteiger charge is -2.48. The summed E-state index contributed by atoms with van der Waals surface area (Å²) in [5.41, 5.74) is 0. The fourth-order valence-corrected chi connectivity index (χ4v) is 5.22. The van der Waals surface area contributed by atoms with Gasteiger partial charge in [0.1, 0.15) is 12.2 Å². The molecule has 0 N–H and O–H groups in total. The third-order valence-electron chi connectivity index (χ3n) is 3.80. The summed E-state index contributed by atoms with van der Waals surface area (Å²) in [6.45, 7) is 2.88. The van der Waals surface area contributed by atoms with Crippen molar-refractivity contribution in [3.63, 3.8) is 0 Å². The summed E-state index contributed by atoms with van der Waals surface area (Å²) in [6.07, 6.45) is 0.960. The largest absolute Gasteiger partial charge is 0.461 e. The first-order chi connectivity index (χ1) is 7.58. The van der Waals surface area contributed by atoms with Crippen molar-refractivity contribution < 1.29 is 19.1 Å². The van der Waals surface area contributed by atoms with Gasteiger partial charge >= 0.3 is 11.9 Å². The minimum absolute atomic E-state index is 0.0400. The quantitative estimate of drug-likeness (QED) is 0.676. The third kappa shape index (κ3) is 1.30. The van der Waals surface area contributed by atoms with E-state index in [1.807, 2.05) is 11.8 Å². The van der Waals surface area contributed by atoms with Crippen LogP contribution in [-0.2, 0) is 19.1 Å². The summed E-state index contributed by atoms with van der Waals surface area (Å²) in [4.78, 5) is 22.1. The Bertz CT molecular complexity index is 326. The van der Waals surface area contributed by atoms with Gasteiger partial charge in [-0.3, -0.25) is 9.59 Å². The maximum absolute atomic E-state index is 11.0. The zero-order valence-electron chi connectivity index (χ0n) is 9.21. The zero-order chi connectivity index (χ0) is 11.4. The number of rotatable bonds is 2. The molecule has 4 atom stereocenters. The minimum Gasteiger partial charge on any atom is -0.461 e. The molecule has 3 rings (SSSR count). The molecule has 2 aliphatic carbocycles. The van der Waals surface area contributed by atoms with Gasteiger partial charge in [-0.15, -0.1) is 11.8 Å². The van der Waals surface area contributed by atoms with Gasteiger partial charge in [0.05, 0.1) is 0 Å². The van der Waals surface area contributed by atoms with Crippen LogP contribution in [0.4, 0.5) is 0 Å². The Hall–Kier alpha value is -0.710. The molecule has 4 unspecified atom stereocenters. The molecule has 1 aliphatic heterocycles. The van der Waals surface area contributed by atoms with Crippen LogP contribution in [0.3, 0.4) is 0 Å². The van der Waals surface area contributed by atoms with Crippen LogP contribution in [0.25, 0.3) is 0 Å². The second-order valence-electron chi connectivity index (χ2n) is 4.78. The van der Waals surface area contributed by atoms with E-state index in [1.54, 1.807) is 0 Å². The van der Waals surface area contributed by atoms with Gasteiger partial charge < -0.3 is 9.47 Å². The van der Waals surface area contributed by atoms with E-state index >= 15 is 0 Å². The number of esters is 2. The fourth-order valence-electron chi connectivity index (χ4n) is 3.34. The Morgan fingerprint density at radius 3 is 1.88 bits per heavy atom. The van der Waals surface area contributed by atoms with Crippen molar-refractivity contribution in [2.75, 3.05) is 0 Å². The second-order valence-corrected chi connectivity index (χ2v) is 6.14. The molecule has 88 valence electrons. The number of ether oxygens (including phenoxy) is 2. The number of fused-ring (bicyclic) bond motifs is 1. The number of carbonyl (C=O) groups excluding carboxylic acids is 2. The molecule has 0 spiro atoms. The first kappa shape index (κ1) is 10.4. The van der Waals surface area contributed by atoms with E-state index in [0.29, 0.717) is 16.4 Å². The number of hydrogen-bond donors (Lipinski definition) is 0. The average molecular weight is 242 g/mol. The Labute approximate surface area is 98.0 Å². The molecule has 1 heterocycles. The maximum atomic E-state index is 11.0. The molecule has 2 saturated carbocycles. The summed E-state index contributed by atoms with van der Waals surface area (Å²) < 4.78 is 10.7. The van der Waals surface area contributed by atoms with Crippen molar-refractivity contribution in [1.82, 2.24) is 0 Å². The molecule has 5 heteroatoms. The van der Waals surface area contributed by atoms with Gasteiger partial charge in [-0.2, -0.15) is 0 Å². The highest BCUT2D eigenvalue weighted by molar-refractivity contribution is 8.02. The first-order valence-corrected chi connectivity index (χ1v) is 6.52. The Kier molecular flexibility index (Phi) is 2.21. The number of thioether (sulfide) groups is 1. The maximum Gasteiger partial charge on any atom is 0.302 e. The topological polar surface area (TPSA) is 52.6 Å². The predicted molar refractivity (Wildman–Crippen MR) is 57.9 cm³/mol. The zero-order valence-corrected chi connectivity index (χ0v) is 10.0. The Balaban J connectivity index is 1.75. The van der Waals surface area contributed by atoms with Crippen molar-refractivity contribution in [2.24, 2.45) is 11.8 Å². The van der Waals surface area contributed by atoms with Gasteiger partial charge in [-0.25, -0.2) is 0 Å². The molecule has 3 aliphatic rings. The van der Waals surface area contributed by atoms with Crippen LogP contribution in [0.2, 0.25) is 0 Å². The van der Waals surface area contributed by atoms with Gasteiger partial charge in [0.25, 0.3) is 0 Å². The lowest BCUT2D eigenvalue weighted by atomic mass is 9.92. The lowest BCUT2D eigenvalue weighted by molar-refractivity contribution is -0.158. The van der Waals surface area contributed by atoms with E-state index in [-0.39, 0.29) is 30.1 Å². The smallest absolute Gasteiger partial charge is 0.302 e. The molecule has 16 heavy (non-hydrogen) atoms. The molecule has 4 nitrogen and oxygen atoms in total. The van der Waals surface area contributed by atoms with Gasteiger partial charge in [-0.05, 0) is 12.3 Å². The molecule has 1 saturated heterocycles. The number of carbonyl (C=O) groups is 2. The summed E-state index contributed by atoms with van der Waals surface area (Å²) in [5.74, 6) is 0.351. The fraction of sp³-hybridized carbons (Fsp3) is 0.818. The third-order valence-corrected chi connectivity index (χ3v) is 5.66. The Morgan fingerprint density at radius 1 is 1.00 bits per heavy atom. The van der Waals surface area contributed by atoms with Gasteiger partial charge in [0.15, 0.2) is 0 Å². The first-order valence-electron chi connectivity index (χ1n) is 5.58. The SMILES string of the molecule is CC(=O)OC1C2CC3C1SC3C2OC(C)=O. The molecule has 0 aromatic carbocycles. The van der Waals surface area contributed by atoms with E-state index in [2.05, 4.69) is 0 Å². The molecule has 0 aromatic heterocycles. The van der Waals surface area contributed by atoms with E-state index < -0.39 is 0 Å². The van der Waals surface area contributed by atoms with Crippen LogP contribution in [0.15, 0.2) is 0 Å². The molecule has 0 amide bonds. The predicted octanol–water partition coefficient (Wildman–Crippen LogP) is 0.984. The summed E-state index contributed by atoms with van der Waals surface area (Å²) in [5, 5.41) is 0.899. The van der Waals surface area contributed by atoms with Gasteiger partial charge in [0, 0.05) is 30.3 Å². The average Bonchev–Trinajstić information content (AvgIpc) is 2.50. The van der Waals surface area contributed by atoms with E-state index in [4.69, 9.17) is 9.47 Å². The Morgan fingerprint density at radius 2 is 1.50 bits per heavy atom. The summed E-state index contributed by atoms with van der Waals surface area (Å²) >= 11 is 1.81. The van der Waals surface area contributed by atoms with Gasteiger partial charge in [-0.1, -0.05) is 0 Å². The van der Waals surface area contributed by atoms with E-state index in [1.165, 1.54) is 13.8 Å². The van der Waals surface area contributed by atoms with Crippen LogP contribution < -0.4 is 0 Å². The molecule has 2 bridgehead atoms. The van der Waals surface area contributed by atoms with Crippen molar-refractivity contribution in [2.45, 2.75) is 43.0 Å². The highest BCUT2D eigenvalue weighted by Crippen LogP contribution is 2.65. The standard InChI is InChI=1S/C11H14O4S/c1-4(12)14-8-6-3-7-10(8)16-11(7)9(6)15-5(2)13/h6-11H,3H2,1-2H3. The van der Waals surface area contributed by atoms with Gasteiger partial charge in [0.2, 0.25) is 0 Å². The molecular formula is C11H14O4S. The van der Waals surface area contributed by atoms with E-state index in [9.17, 15) is 9.59 Å². The molecule has 0 aromatic rings. The number of hydrogen-bond acceptors (Lipinski definition) is 5. The molecule has 3 fully saturated rings. The lowest BCUT2D eigenvalue weighted by Crippen LogP contribution is -2.56. The van der Waals surface area contributed by atoms with Crippen molar-refractivity contribution >= 4 is 23.7 Å². The highest BCUT2D eigenvalue weighted by Gasteiger charge is 2.68. The van der Waals surface area contributed by atoms with Crippen molar-refractivity contribution in [3.05, 3.63) is 0 Å². The van der Waals surface area contributed by atoms with Crippen LogP contribution in [-0.4, -0.2) is 34.6 Å². The monoisotopic (exact) mass is 242 g/mol. The van der Waals surface area contributed by atoms with Crippen LogP contribution in [0.5, 0.6) is 0 Å². The normalized spacial score (nSPS) is 47.4. The van der Waals surface area contributed by atoms with Crippen LogP contribution in [0, 0.1) is 11.8 Å². The van der Waals surface area contributed by atoms with Crippen LogP contribution >= 0.6 is 11.8 Å². The minimum atomic E-state index is -0.233. The molecule has 0 radical (unpaired) electrons. The summed E-state index contributed by atoms with van der Waals surface area (Å²) in [6, 6.07) is 0. The molecular weight excluding hydrogens is 228 g/mol. The van der Waals surface area contributed by atoms with Crippen molar-refractivity contribution in [3.8, 4) is 0 Å². The van der Waals surface area contributed by atoms with Crippen molar-refractivity contribution in [1.29, 1.82) is 0 Å². The summed E-state index contributed by atoms with van der Waals surface area (Å²) in [7, 11) is 0. The highest BCUT2D eigenvalue weighted by atomic mass is 32.2.